The Bertz CT molecular complexity index is 575. The van der Waals surface area contributed by atoms with Crippen molar-refractivity contribution in [3.05, 3.63) is 54.6 Å². The van der Waals surface area contributed by atoms with Crippen LogP contribution in [0.25, 0.3) is 0 Å². The average Bonchev–Trinajstić information content (AvgIpc) is 2.41. The summed E-state index contributed by atoms with van der Waals surface area (Å²) in [6.07, 6.45) is 0.704. The number of hydrogen-bond acceptors (Lipinski definition) is 3. The van der Waals surface area contributed by atoms with Crippen molar-refractivity contribution in [3.63, 3.8) is 0 Å². The SMILES string of the molecule is CP(C)(=O)CCNc1ccc(Oc2ccccc2)cc1. The minimum Gasteiger partial charge on any atom is -0.457 e. The summed E-state index contributed by atoms with van der Waals surface area (Å²) < 4.78 is 17.3. The molecule has 0 aliphatic rings. The molecule has 0 radical (unpaired) electrons. The maximum absolute atomic E-state index is 11.6. The topological polar surface area (TPSA) is 38.3 Å². The molecule has 4 heteroatoms. The molecule has 3 nitrogen and oxygen atoms in total. The second-order valence-corrected chi connectivity index (χ2v) is 8.76. The minimum absolute atomic E-state index is 0.704. The predicted octanol–water partition coefficient (Wildman–Crippen LogP) is 4.51. The Labute approximate surface area is 120 Å². The van der Waals surface area contributed by atoms with Gasteiger partial charge in [-0.05, 0) is 49.7 Å². The summed E-state index contributed by atoms with van der Waals surface area (Å²) in [5, 5.41) is 3.26. The molecule has 106 valence electrons. The summed E-state index contributed by atoms with van der Waals surface area (Å²) in [6, 6.07) is 17.5. The van der Waals surface area contributed by atoms with Gasteiger partial charge in [0.2, 0.25) is 0 Å². The Morgan fingerprint density at radius 1 is 0.950 bits per heavy atom. The first-order valence-electron chi connectivity index (χ1n) is 6.64. The van der Waals surface area contributed by atoms with E-state index in [0.717, 1.165) is 23.7 Å². The number of para-hydroxylation sites is 1. The van der Waals surface area contributed by atoms with E-state index < -0.39 is 7.14 Å². The standard InChI is InChI=1S/C16H20NO2P/c1-20(2,18)13-12-17-14-8-10-16(11-9-14)19-15-6-4-3-5-7-15/h3-11,17H,12-13H2,1-2H3. The summed E-state index contributed by atoms with van der Waals surface area (Å²) in [6.45, 7) is 4.35. The van der Waals surface area contributed by atoms with Gasteiger partial charge >= 0.3 is 0 Å². The average molecular weight is 289 g/mol. The number of nitrogens with one attached hydrogen (secondary N) is 1. The van der Waals surface area contributed by atoms with E-state index in [1.54, 1.807) is 0 Å². The van der Waals surface area contributed by atoms with Gasteiger partial charge in [0.05, 0.1) is 7.14 Å². The molecule has 2 aromatic rings. The molecule has 2 rings (SSSR count). The third kappa shape index (κ3) is 5.10. The van der Waals surface area contributed by atoms with Gasteiger partial charge in [0.25, 0.3) is 0 Å². The molecular weight excluding hydrogens is 269 g/mol. The lowest BCUT2D eigenvalue weighted by molar-refractivity contribution is 0.483. The molecule has 1 N–H and O–H groups in total. The maximum Gasteiger partial charge on any atom is 0.127 e. The monoisotopic (exact) mass is 289 g/mol. The van der Waals surface area contributed by atoms with E-state index in [1.807, 2.05) is 67.9 Å². The minimum atomic E-state index is -1.95. The molecular formula is C16H20NO2P. The smallest absolute Gasteiger partial charge is 0.127 e. The van der Waals surface area contributed by atoms with Crippen LogP contribution in [-0.4, -0.2) is 26.0 Å². The fraction of sp³-hybridized carbons (Fsp3) is 0.250. The van der Waals surface area contributed by atoms with Gasteiger partial charge in [0.1, 0.15) is 11.5 Å². The molecule has 0 saturated heterocycles. The summed E-state index contributed by atoms with van der Waals surface area (Å²) in [5.41, 5.74) is 1.01. The second kappa shape index (κ2) is 6.62. The van der Waals surface area contributed by atoms with Crippen LogP contribution in [0, 0.1) is 0 Å². The van der Waals surface area contributed by atoms with Crippen LogP contribution < -0.4 is 10.1 Å². The molecule has 0 aliphatic heterocycles. The lowest BCUT2D eigenvalue weighted by Crippen LogP contribution is -2.06. The Balaban J connectivity index is 1.88. The zero-order valence-electron chi connectivity index (χ0n) is 11.9. The summed E-state index contributed by atoms with van der Waals surface area (Å²) in [7, 11) is -1.95. The third-order valence-corrected chi connectivity index (χ3v) is 4.11. The lowest BCUT2D eigenvalue weighted by Gasteiger charge is -2.10. The molecule has 0 spiro atoms. The highest BCUT2D eigenvalue weighted by atomic mass is 31.2. The number of benzene rings is 2. The van der Waals surface area contributed by atoms with E-state index in [-0.39, 0.29) is 0 Å². The van der Waals surface area contributed by atoms with Crippen molar-refractivity contribution < 1.29 is 9.30 Å². The molecule has 0 saturated carbocycles. The highest BCUT2D eigenvalue weighted by molar-refractivity contribution is 7.62. The molecule has 0 unspecified atom stereocenters. The molecule has 0 aliphatic carbocycles. The zero-order chi connectivity index (χ0) is 14.4. The van der Waals surface area contributed by atoms with Gasteiger partial charge in [0.15, 0.2) is 0 Å². The number of hydrogen-bond donors (Lipinski definition) is 1. The van der Waals surface area contributed by atoms with Gasteiger partial charge in [-0.15, -0.1) is 0 Å². The largest absolute Gasteiger partial charge is 0.457 e. The van der Waals surface area contributed by atoms with E-state index in [1.165, 1.54) is 0 Å². The summed E-state index contributed by atoms with van der Waals surface area (Å²) in [4.78, 5) is 0. The highest BCUT2D eigenvalue weighted by Gasteiger charge is 2.05. The van der Waals surface area contributed by atoms with Crippen LogP contribution in [0.5, 0.6) is 11.5 Å². The molecule has 0 amide bonds. The van der Waals surface area contributed by atoms with Crippen LogP contribution in [0.3, 0.4) is 0 Å². The number of rotatable bonds is 6. The fourth-order valence-electron chi connectivity index (χ4n) is 1.73. The normalized spacial score (nSPS) is 11.1. The van der Waals surface area contributed by atoms with Crippen molar-refractivity contribution in [1.82, 2.24) is 0 Å². The van der Waals surface area contributed by atoms with Gasteiger partial charge in [0, 0.05) is 18.4 Å². The van der Waals surface area contributed by atoms with E-state index in [2.05, 4.69) is 5.32 Å². The molecule has 2 aromatic carbocycles. The van der Waals surface area contributed by atoms with E-state index in [4.69, 9.17) is 4.74 Å². The van der Waals surface area contributed by atoms with Gasteiger partial charge in [-0.3, -0.25) is 0 Å². The van der Waals surface area contributed by atoms with E-state index >= 15 is 0 Å². The Hall–Kier alpha value is -1.73. The van der Waals surface area contributed by atoms with E-state index in [0.29, 0.717) is 6.16 Å². The number of ether oxygens (including phenoxy) is 1. The molecule has 0 heterocycles. The zero-order valence-corrected chi connectivity index (χ0v) is 12.8. The highest BCUT2D eigenvalue weighted by Crippen LogP contribution is 2.34. The van der Waals surface area contributed by atoms with Gasteiger partial charge in [-0.2, -0.15) is 0 Å². The number of anilines is 1. The van der Waals surface area contributed by atoms with Gasteiger partial charge < -0.3 is 14.6 Å². The Morgan fingerprint density at radius 2 is 1.55 bits per heavy atom. The molecule has 0 atom stereocenters. The summed E-state index contributed by atoms with van der Waals surface area (Å²) >= 11 is 0. The van der Waals surface area contributed by atoms with Crippen molar-refractivity contribution >= 4 is 12.8 Å². The van der Waals surface area contributed by atoms with E-state index in [9.17, 15) is 4.57 Å². The van der Waals surface area contributed by atoms with Crippen molar-refractivity contribution in [2.45, 2.75) is 0 Å². The van der Waals surface area contributed by atoms with Crippen LogP contribution in [0.2, 0.25) is 0 Å². The summed E-state index contributed by atoms with van der Waals surface area (Å²) in [5.74, 6) is 1.63. The fourth-order valence-corrected chi connectivity index (χ4v) is 2.39. The van der Waals surface area contributed by atoms with Gasteiger partial charge in [-0.1, -0.05) is 18.2 Å². The molecule has 0 bridgehead atoms. The quantitative estimate of drug-likeness (QED) is 0.795. The first-order chi connectivity index (χ1) is 9.53. The van der Waals surface area contributed by atoms with Gasteiger partial charge in [-0.25, -0.2) is 0 Å². The van der Waals surface area contributed by atoms with Crippen LogP contribution in [0.15, 0.2) is 54.6 Å². The Kier molecular flexibility index (Phi) is 4.86. The lowest BCUT2D eigenvalue weighted by atomic mass is 10.3. The predicted molar refractivity (Wildman–Crippen MR) is 85.8 cm³/mol. The molecule has 20 heavy (non-hydrogen) atoms. The van der Waals surface area contributed by atoms with Crippen LogP contribution in [0.1, 0.15) is 0 Å². The first-order valence-corrected chi connectivity index (χ1v) is 9.42. The van der Waals surface area contributed by atoms with Crippen LogP contribution in [-0.2, 0) is 4.57 Å². The molecule has 0 aromatic heterocycles. The Morgan fingerprint density at radius 3 is 2.15 bits per heavy atom. The van der Waals surface area contributed by atoms with Crippen LogP contribution >= 0.6 is 7.14 Å². The van der Waals surface area contributed by atoms with Crippen molar-refractivity contribution in [3.8, 4) is 11.5 Å². The first kappa shape index (κ1) is 14.7. The van der Waals surface area contributed by atoms with Crippen LogP contribution in [0.4, 0.5) is 5.69 Å². The second-order valence-electron chi connectivity index (χ2n) is 5.16. The van der Waals surface area contributed by atoms with Crippen molar-refractivity contribution in [1.29, 1.82) is 0 Å². The van der Waals surface area contributed by atoms with Crippen molar-refractivity contribution in [2.24, 2.45) is 0 Å². The van der Waals surface area contributed by atoms with Crippen molar-refractivity contribution in [2.75, 3.05) is 31.4 Å². The third-order valence-electron chi connectivity index (χ3n) is 2.81. The maximum atomic E-state index is 11.6. The molecule has 0 fully saturated rings.